The molecule has 2 aromatic heterocycles. The van der Waals surface area contributed by atoms with E-state index in [1.54, 1.807) is 18.3 Å². The highest BCUT2D eigenvalue weighted by Gasteiger charge is 2.49. The molecule has 1 aliphatic heterocycles. The van der Waals surface area contributed by atoms with Gasteiger partial charge in [-0.2, -0.15) is 0 Å². The number of nitrogens with one attached hydrogen (secondary N) is 1. The minimum atomic E-state index is -1.22. The lowest BCUT2D eigenvalue weighted by molar-refractivity contribution is -0.130. The van der Waals surface area contributed by atoms with E-state index < -0.39 is 17.5 Å². The van der Waals surface area contributed by atoms with Gasteiger partial charge in [-0.3, -0.25) is 14.5 Å². The molecule has 0 aliphatic carbocycles. The average molecular weight is 472 g/mol. The fourth-order valence-electron chi connectivity index (χ4n) is 4.65. The second-order valence-corrected chi connectivity index (χ2v) is 9.91. The highest BCUT2D eigenvalue weighted by molar-refractivity contribution is 7.09. The van der Waals surface area contributed by atoms with Gasteiger partial charge in [0, 0.05) is 21.8 Å². The highest BCUT2D eigenvalue weighted by Crippen LogP contribution is 2.31. The molecule has 3 heterocycles. The molecular formula is C27H25N3O3S. The summed E-state index contributed by atoms with van der Waals surface area (Å²) in [6, 6.07) is 18.9. The molecule has 1 aliphatic rings. The topological polar surface area (TPSA) is 71.4 Å². The van der Waals surface area contributed by atoms with Crippen molar-refractivity contribution >= 4 is 39.8 Å². The smallest absolute Gasteiger partial charge is 0.325 e. The van der Waals surface area contributed by atoms with E-state index in [0.717, 1.165) is 27.1 Å². The summed E-state index contributed by atoms with van der Waals surface area (Å²) in [5, 5.41) is 6.87. The van der Waals surface area contributed by atoms with Crippen molar-refractivity contribution in [3.63, 3.8) is 0 Å². The number of hydrogen-bond donors (Lipinski definition) is 1. The number of hydrogen-bond acceptors (Lipinski definition) is 4. The Bertz CT molecular complexity index is 1440. The molecule has 0 saturated carbocycles. The second kappa shape index (κ2) is 8.25. The number of rotatable bonds is 6. The maximum Gasteiger partial charge on any atom is 0.325 e. The van der Waals surface area contributed by atoms with Gasteiger partial charge in [0.2, 0.25) is 0 Å². The predicted octanol–water partition coefficient (Wildman–Crippen LogP) is 5.02. The maximum absolute atomic E-state index is 13.4. The molecule has 6 nitrogen and oxygen atoms in total. The number of aryl methyl sites for hydroxylation is 1. The van der Waals surface area contributed by atoms with Crippen LogP contribution in [0.5, 0.6) is 0 Å². The Morgan fingerprint density at radius 1 is 1.00 bits per heavy atom. The molecule has 5 rings (SSSR count). The molecule has 1 N–H and O–H groups in total. The van der Waals surface area contributed by atoms with E-state index in [9.17, 15) is 14.4 Å². The number of fused-ring (bicyclic) bond motifs is 1. The fraction of sp³-hybridized carbons (Fsp3) is 0.222. The average Bonchev–Trinajstić information content (AvgIpc) is 3.50. The van der Waals surface area contributed by atoms with Crippen LogP contribution in [0.25, 0.3) is 10.8 Å². The number of thiophene rings is 1. The first-order chi connectivity index (χ1) is 16.3. The number of imide groups is 1. The number of carbonyl (C=O) groups is 3. The van der Waals surface area contributed by atoms with Crippen molar-refractivity contribution in [3.05, 3.63) is 93.4 Å². The van der Waals surface area contributed by atoms with E-state index in [2.05, 4.69) is 16.0 Å². The maximum atomic E-state index is 13.4. The molecule has 1 saturated heterocycles. The number of benzene rings is 2. The second-order valence-electron chi connectivity index (χ2n) is 8.88. The number of aromatic nitrogens is 1. The molecule has 7 heteroatoms. The fourth-order valence-corrected chi connectivity index (χ4v) is 5.34. The van der Waals surface area contributed by atoms with Crippen LogP contribution in [0.2, 0.25) is 0 Å². The normalized spacial score (nSPS) is 18.0. The largest absolute Gasteiger partial charge is 0.343 e. The van der Waals surface area contributed by atoms with Crippen molar-refractivity contribution in [3.8, 4) is 0 Å². The van der Waals surface area contributed by atoms with Crippen LogP contribution in [-0.4, -0.2) is 33.7 Å². The van der Waals surface area contributed by atoms with Crippen LogP contribution in [0.4, 0.5) is 4.79 Å². The predicted molar refractivity (Wildman–Crippen MR) is 133 cm³/mol. The zero-order chi connectivity index (χ0) is 24.0. The first kappa shape index (κ1) is 22.1. The number of amides is 3. The van der Waals surface area contributed by atoms with Crippen LogP contribution in [-0.2, 0) is 16.9 Å². The van der Waals surface area contributed by atoms with Gasteiger partial charge in [-0.05, 0) is 60.7 Å². The highest BCUT2D eigenvalue weighted by atomic mass is 32.1. The number of Topliss-reactive ketones (excluding diaryl/α,β-unsaturated/α-hetero) is 1. The number of urea groups is 1. The van der Waals surface area contributed by atoms with Gasteiger partial charge in [-0.25, -0.2) is 4.79 Å². The van der Waals surface area contributed by atoms with Crippen molar-refractivity contribution in [1.29, 1.82) is 0 Å². The molecule has 0 bridgehead atoms. The number of nitrogens with zero attached hydrogens (tertiary/aromatic N) is 2. The summed E-state index contributed by atoms with van der Waals surface area (Å²) in [7, 11) is 0. The molecule has 0 unspecified atom stereocenters. The summed E-state index contributed by atoms with van der Waals surface area (Å²) in [5.74, 6) is -0.676. The van der Waals surface area contributed by atoms with E-state index in [0.29, 0.717) is 17.7 Å². The van der Waals surface area contributed by atoms with Gasteiger partial charge in [0.25, 0.3) is 5.91 Å². The van der Waals surface area contributed by atoms with Gasteiger partial charge < -0.3 is 9.88 Å². The Morgan fingerprint density at radius 2 is 1.76 bits per heavy atom. The molecule has 0 spiro atoms. The van der Waals surface area contributed by atoms with Gasteiger partial charge in [-0.15, -0.1) is 11.3 Å². The summed E-state index contributed by atoms with van der Waals surface area (Å²) in [6.07, 6.45) is 0. The quantitative estimate of drug-likeness (QED) is 0.317. The van der Waals surface area contributed by atoms with Crippen LogP contribution in [0.1, 0.15) is 39.1 Å². The third-order valence-electron chi connectivity index (χ3n) is 6.67. The van der Waals surface area contributed by atoms with E-state index in [4.69, 9.17) is 0 Å². The van der Waals surface area contributed by atoms with Gasteiger partial charge >= 0.3 is 6.03 Å². The Balaban J connectivity index is 1.39. The Hall–Kier alpha value is -3.71. The first-order valence-corrected chi connectivity index (χ1v) is 12.0. The minimum absolute atomic E-state index is 0.253. The van der Waals surface area contributed by atoms with Crippen molar-refractivity contribution in [1.82, 2.24) is 14.8 Å². The van der Waals surface area contributed by atoms with Gasteiger partial charge in [0.05, 0.1) is 13.1 Å². The molecule has 1 atom stereocenters. The number of ketones is 1. The van der Waals surface area contributed by atoms with Crippen molar-refractivity contribution in [2.24, 2.45) is 0 Å². The molecule has 2 aromatic carbocycles. The van der Waals surface area contributed by atoms with E-state index in [-0.39, 0.29) is 12.3 Å². The van der Waals surface area contributed by atoms with Crippen LogP contribution >= 0.6 is 11.3 Å². The minimum Gasteiger partial charge on any atom is -0.343 e. The van der Waals surface area contributed by atoms with Crippen LogP contribution < -0.4 is 5.32 Å². The van der Waals surface area contributed by atoms with Crippen molar-refractivity contribution in [2.45, 2.75) is 32.9 Å². The molecular weight excluding hydrogens is 446 g/mol. The third kappa shape index (κ3) is 3.62. The van der Waals surface area contributed by atoms with Crippen LogP contribution in [0.15, 0.2) is 66.0 Å². The van der Waals surface area contributed by atoms with Gasteiger partial charge in [0.15, 0.2) is 5.78 Å². The lowest BCUT2D eigenvalue weighted by Gasteiger charge is -2.22. The lowest BCUT2D eigenvalue weighted by atomic mass is 9.90. The summed E-state index contributed by atoms with van der Waals surface area (Å²) >= 11 is 1.67. The first-order valence-electron chi connectivity index (χ1n) is 11.1. The zero-order valence-electron chi connectivity index (χ0n) is 19.3. The lowest BCUT2D eigenvalue weighted by Crippen LogP contribution is -2.41. The monoisotopic (exact) mass is 471 g/mol. The van der Waals surface area contributed by atoms with Crippen LogP contribution in [0, 0.1) is 13.8 Å². The van der Waals surface area contributed by atoms with E-state index >= 15 is 0 Å². The summed E-state index contributed by atoms with van der Waals surface area (Å²) in [5.41, 5.74) is 1.80. The Labute approximate surface area is 201 Å². The SMILES string of the molecule is Cc1cc(C(=O)CN2C(=O)N[C@@](C)(c3ccc4ccccc4c3)C2=O)c(C)n1Cc1cccs1. The standard InChI is InChI=1S/C27H25N3O3S/c1-17-13-23(18(2)29(17)15-22-9-6-12-34-22)24(31)16-30-25(32)27(3,28-26(30)33)21-11-10-19-7-4-5-8-20(19)14-21/h4-14H,15-16H2,1-3H3,(H,28,33)/t27-/m0/s1. The van der Waals surface area contributed by atoms with Crippen molar-refractivity contribution in [2.75, 3.05) is 6.54 Å². The molecule has 1 fully saturated rings. The molecule has 0 radical (unpaired) electrons. The molecule has 172 valence electrons. The summed E-state index contributed by atoms with van der Waals surface area (Å²) < 4.78 is 2.09. The van der Waals surface area contributed by atoms with Crippen LogP contribution in [0.3, 0.4) is 0 Å². The molecule has 34 heavy (non-hydrogen) atoms. The van der Waals surface area contributed by atoms with E-state index in [1.165, 1.54) is 4.88 Å². The number of carbonyl (C=O) groups excluding carboxylic acids is 3. The van der Waals surface area contributed by atoms with Gasteiger partial charge in [0.1, 0.15) is 5.54 Å². The van der Waals surface area contributed by atoms with E-state index in [1.807, 2.05) is 73.8 Å². The molecule has 4 aromatic rings. The Morgan fingerprint density at radius 3 is 2.50 bits per heavy atom. The van der Waals surface area contributed by atoms with Crippen molar-refractivity contribution < 1.29 is 14.4 Å². The third-order valence-corrected chi connectivity index (χ3v) is 7.53. The Kier molecular flexibility index (Phi) is 5.37. The summed E-state index contributed by atoms with van der Waals surface area (Å²) in [6.45, 7) is 5.94. The molecule has 3 amide bonds. The summed E-state index contributed by atoms with van der Waals surface area (Å²) in [4.78, 5) is 41.7. The zero-order valence-corrected chi connectivity index (χ0v) is 20.1. The van der Waals surface area contributed by atoms with Gasteiger partial charge in [-0.1, -0.05) is 42.5 Å².